The largest absolute Gasteiger partial charge is 0.445 e. The number of alkyl halides is 3. The van der Waals surface area contributed by atoms with Crippen LogP contribution in [0.1, 0.15) is 10.6 Å². The van der Waals surface area contributed by atoms with Gasteiger partial charge in [-0.05, 0) is 24.6 Å². The van der Waals surface area contributed by atoms with Crippen molar-refractivity contribution >= 4 is 45.2 Å². The molecule has 2 aromatic heterocycles. The van der Waals surface area contributed by atoms with Crippen molar-refractivity contribution in [3.05, 3.63) is 28.8 Å². The number of halogens is 3. The van der Waals surface area contributed by atoms with E-state index in [0.717, 1.165) is 28.4 Å². The summed E-state index contributed by atoms with van der Waals surface area (Å²) in [5.41, 5.74) is 2.72. The molecule has 0 saturated carbocycles. The third kappa shape index (κ3) is 3.85. The fourth-order valence-electron chi connectivity index (χ4n) is 1.85. The van der Waals surface area contributed by atoms with Gasteiger partial charge in [-0.25, -0.2) is 4.98 Å². The summed E-state index contributed by atoms with van der Waals surface area (Å²) < 4.78 is 37.2. The van der Waals surface area contributed by atoms with E-state index in [1.807, 2.05) is 25.1 Å². The number of aromatic nitrogens is 4. The lowest BCUT2D eigenvalue weighted by Crippen LogP contribution is -2.13. The number of nitrogens with one attached hydrogen (secondary N) is 2. The Morgan fingerprint density at radius 1 is 1.38 bits per heavy atom. The standard InChI is InChI=1S/C13H10F3N5OS2/c1-6-2-3-7-8(4-6)18-11(17-7)23-5-9(22)19-12-21-20-10(24-12)13(14,15)16/h2-4H,5H2,1H3,(H,17,18)(H,19,21,22). The maximum Gasteiger partial charge on any atom is 0.445 e. The van der Waals surface area contributed by atoms with Crippen molar-refractivity contribution < 1.29 is 18.0 Å². The summed E-state index contributed by atoms with van der Waals surface area (Å²) in [6.45, 7) is 1.96. The molecular weight excluding hydrogens is 363 g/mol. The molecule has 2 N–H and O–H groups in total. The number of H-pyrrole nitrogens is 1. The molecule has 126 valence electrons. The Hall–Kier alpha value is -2.14. The van der Waals surface area contributed by atoms with E-state index in [0.29, 0.717) is 5.16 Å². The van der Waals surface area contributed by atoms with Gasteiger partial charge in [0.15, 0.2) is 5.16 Å². The average molecular weight is 373 g/mol. The summed E-state index contributed by atoms with van der Waals surface area (Å²) in [6.07, 6.45) is -4.57. The van der Waals surface area contributed by atoms with E-state index >= 15 is 0 Å². The summed E-state index contributed by atoms with van der Waals surface area (Å²) in [6, 6.07) is 5.73. The molecule has 1 aromatic carbocycles. The molecule has 6 nitrogen and oxygen atoms in total. The summed E-state index contributed by atoms with van der Waals surface area (Å²) in [4.78, 5) is 19.2. The molecular formula is C13H10F3N5OS2. The second-order valence-corrected chi connectivity index (χ2v) is 6.75. The molecule has 0 saturated heterocycles. The highest BCUT2D eigenvalue weighted by Crippen LogP contribution is 2.33. The third-order valence-corrected chi connectivity index (χ3v) is 4.63. The SMILES string of the molecule is Cc1ccc2nc(SCC(=O)Nc3nnc(C(F)(F)F)s3)[nH]c2c1. The Morgan fingerprint density at radius 3 is 2.88 bits per heavy atom. The van der Waals surface area contributed by atoms with Crippen molar-refractivity contribution in [3.8, 4) is 0 Å². The van der Waals surface area contributed by atoms with E-state index in [-0.39, 0.29) is 22.2 Å². The summed E-state index contributed by atoms with van der Waals surface area (Å²) >= 11 is 1.43. The van der Waals surface area contributed by atoms with Crippen molar-refractivity contribution in [2.24, 2.45) is 0 Å². The second kappa shape index (κ2) is 6.40. The van der Waals surface area contributed by atoms with Gasteiger partial charge in [-0.15, -0.1) is 10.2 Å². The second-order valence-electron chi connectivity index (χ2n) is 4.81. The molecule has 1 amide bonds. The van der Waals surface area contributed by atoms with E-state index in [4.69, 9.17) is 0 Å². The predicted octanol–water partition coefficient (Wildman–Crippen LogP) is 3.47. The smallest absolute Gasteiger partial charge is 0.333 e. The number of carbonyl (C=O) groups is 1. The minimum atomic E-state index is -4.57. The van der Waals surface area contributed by atoms with Crippen LogP contribution in [0.15, 0.2) is 23.4 Å². The summed E-state index contributed by atoms with van der Waals surface area (Å²) in [5, 5.41) is 7.87. The van der Waals surface area contributed by atoms with Gasteiger partial charge in [-0.1, -0.05) is 29.2 Å². The van der Waals surface area contributed by atoms with Crippen LogP contribution in [0.3, 0.4) is 0 Å². The van der Waals surface area contributed by atoms with Gasteiger partial charge in [-0.2, -0.15) is 13.2 Å². The van der Waals surface area contributed by atoms with Gasteiger partial charge < -0.3 is 4.98 Å². The van der Waals surface area contributed by atoms with E-state index < -0.39 is 17.1 Å². The molecule has 2 heterocycles. The number of fused-ring (bicyclic) bond motifs is 1. The zero-order valence-electron chi connectivity index (χ0n) is 12.1. The third-order valence-electron chi connectivity index (χ3n) is 2.87. The number of aryl methyl sites for hydroxylation is 1. The van der Waals surface area contributed by atoms with Crippen molar-refractivity contribution in [2.45, 2.75) is 18.3 Å². The first kappa shape index (κ1) is 16.7. The number of aromatic amines is 1. The van der Waals surface area contributed by atoms with Crippen LogP contribution < -0.4 is 5.32 Å². The van der Waals surface area contributed by atoms with Crippen molar-refractivity contribution in [1.29, 1.82) is 0 Å². The van der Waals surface area contributed by atoms with Gasteiger partial charge in [0.1, 0.15) is 0 Å². The number of amides is 1. The number of carbonyl (C=O) groups excluding carboxylic acids is 1. The van der Waals surface area contributed by atoms with Crippen LogP contribution in [0, 0.1) is 6.92 Å². The lowest BCUT2D eigenvalue weighted by molar-refractivity contribution is -0.138. The Kier molecular flexibility index (Phi) is 4.45. The van der Waals surface area contributed by atoms with E-state index in [2.05, 4.69) is 25.5 Å². The highest BCUT2D eigenvalue weighted by molar-refractivity contribution is 7.99. The fourth-order valence-corrected chi connectivity index (χ4v) is 3.16. The Labute approximate surface area is 141 Å². The summed E-state index contributed by atoms with van der Waals surface area (Å²) in [5.74, 6) is -0.499. The number of imidazole rings is 1. The van der Waals surface area contributed by atoms with Crippen molar-refractivity contribution in [3.63, 3.8) is 0 Å². The minimum Gasteiger partial charge on any atom is -0.333 e. The zero-order valence-corrected chi connectivity index (χ0v) is 13.8. The number of rotatable bonds is 4. The van der Waals surface area contributed by atoms with Gasteiger partial charge in [0.25, 0.3) is 0 Å². The first-order valence-corrected chi connectivity index (χ1v) is 8.41. The Morgan fingerprint density at radius 2 is 2.17 bits per heavy atom. The van der Waals surface area contributed by atoms with Gasteiger partial charge in [0.2, 0.25) is 16.0 Å². The minimum absolute atomic E-state index is 0.0142. The number of benzene rings is 1. The molecule has 24 heavy (non-hydrogen) atoms. The fraction of sp³-hybridized carbons (Fsp3) is 0.231. The van der Waals surface area contributed by atoms with Crippen molar-refractivity contribution in [2.75, 3.05) is 11.1 Å². The van der Waals surface area contributed by atoms with Crippen LogP contribution >= 0.6 is 23.1 Å². The van der Waals surface area contributed by atoms with E-state index in [1.54, 1.807) is 0 Å². The highest BCUT2D eigenvalue weighted by Gasteiger charge is 2.35. The molecule has 3 rings (SSSR count). The quantitative estimate of drug-likeness (QED) is 0.684. The number of anilines is 1. The van der Waals surface area contributed by atoms with Gasteiger partial charge in [0.05, 0.1) is 16.8 Å². The molecule has 0 spiro atoms. The van der Waals surface area contributed by atoms with Gasteiger partial charge in [-0.3, -0.25) is 10.1 Å². The molecule has 0 aliphatic heterocycles. The molecule has 0 aliphatic carbocycles. The Balaban J connectivity index is 1.59. The number of hydrogen-bond donors (Lipinski definition) is 2. The normalized spacial score (nSPS) is 11.8. The highest BCUT2D eigenvalue weighted by atomic mass is 32.2. The first-order valence-electron chi connectivity index (χ1n) is 6.61. The lowest BCUT2D eigenvalue weighted by Gasteiger charge is -1.99. The van der Waals surface area contributed by atoms with Crippen molar-refractivity contribution in [1.82, 2.24) is 20.2 Å². The van der Waals surface area contributed by atoms with E-state index in [1.165, 1.54) is 0 Å². The van der Waals surface area contributed by atoms with Crippen LogP contribution in [-0.2, 0) is 11.0 Å². The molecule has 0 aliphatic rings. The molecule has 0 unspecified atom stereocenters. The van der Waals surface area contributed by atoms with Gasteiger partial charge in [0, 0.05) is 0 Å². The molecule has 0 fully saturated rings. The molecule has 0 radical (unpaired) electrons. The molecule has 3 aromatic rings. The van der Waals surface area contributed by atoms with Crippen LogP contribution in [0.4, 0.5) is 18.3 Å². The predicted molar refractivity (Wildman–Crippen MR) is 85.1 cm³/mol. The average Bonchev–Trinajstić information content (AvgIpc) is 3.10. The number of nitrogens with zero attached hydrogens (tertiary/aromatic N) is 3. The molecule has 11 heteroatoms. The number of hydrogen-bond acceptors (Lipinski definition) is 6. The van der Waals surface area contributed by atoms with Gasteiger partial charge >= 0.3 is 6.18 Å². The maximum absolute atomic E-state index is 12.4. The topological polar surface area (TPSA) is 83.6 Å². The van der Waals surface area contributed by atoms with Crippen LogP contribution in [0.5, 0.6) is 0 Å². The zero-order chi connectivity index (χ0) is 17.3. The summed E-state index contributed by atoms with van der Waals surface area (Å²) in [7, 11) is 0. The molecule has 0 bridgehead atoms. The molecule has 0 atom stereocenters. The number of thioether (sulfide) groups is 1. The monoisotopic (exact) mass is 373 g/mol. The Bertz CT molecular complexity index is 889. The van der Waals surface area contributed by atoms with E-state index in [9.17, 15) is 18.0 Å². The lowest BCUT2D eigenvalue weighted by atomic mass is 10.2. The van der Waals surface area contributed by atoms with Crippen LogP contribution in [-0.4, -0.2) is 31.8 Å². The first-order chi connectivity index (χ1) is 11.3. The van der Waals surface area contributed by atoms with Crippen LogP contribution in [0.25, 0.3) is 11.0 Å². The maximum atomic E-state index is 12.4. The van der Waals surface area contributed by atoms with Crippen LogP contribution in [0.2, 0.25) is 0 Å².